The fourth-order valence-corrected chi connectivity index (χ4v) is 2.15. The zero-order chi connectivity index (χ0) is 16.5. The zero-order valence-electron chi connectivity index (χ0n) is 13.5. The van der Waals surface area contributed by atoms with Crippen LogP contribution in [-0.4, -0.2) is 43.3 Å². The monoisotopic (exact) mass is 313 g/mol. The highest BCUT2D eigenvalue weighted by Crippen LogP contribution is 2.15. The van der Waals surface area contributed by atoms with Crippen molar-refractivity contribution in [1.29, 1.82) is 0 Å². The lowest BCUT2D eigenvalue weighted by Crippen LogP contribution is -2.46. The van der Waals surface area contributed by atoms with Gasteiger partial charge in [-0.2, -0.15) is 0 Å². The Bertz CT molecular complexity index is 501. The summed E-state index contributed by atoms with van der Waals surface area (Å²) in [5.41, 5.74) is 2.63. The first-order valence-corrected chi connectivity index (χ1v) is 8.98. The average Bonchev–Trinajstić information content (AvgIpc) is 2.44. The predicted octanol–water partition coefficient (Wildman–Crippen LogP) is 2.87. The second-order valence-electron chi connectivity index (χ2n) is 5.10. The molecule has 0 unspecified atom stereocenters. The maximum absolute atomic E-state index is 9.08. The van der Waals surface area contributed by atoms with E-state index in [1.165, 1.54) is 35.2 Å². The van der Waals surface area contributed by atoms with Gasteiger partial charge in [-0.3, -0.25) is 0 Å². The molecule has 1 rings (SSSR count). The number of nitrogens with zero attached hydrogens (tertiary/aromatic N) is 1. The van der Waals surface area contributed by atoms with Gasteiger partial charge in [-0.25, -0.2) is 8.42 Å². The first-order chi connectivity index (χ1) is 9.69. The SMILES string of the molecule is C=Cc1ccc(C[N+](CC)(CC)CC)cc1.CS(=O)(=O)[O-]. The van der Waals surface area contributed by atoms with Gasteiger partial charge >= 0.3 is 0 Å². The van der Waals surface area contributed by atoms with E-state index in [0.29, 0.717) is 6.26 Å². The number of hydrogen-bond acceptors (Lipinski definition) is 3. The summed E-state index contributed by atoms with van der Waals surface area (Å²) in [5.74, 6) is 0. The Morgan fingerprint density at radius 1 is 1.10 bits per heavy atom. The van der Waals surface area contributed by atoms with Crippen molar-refractivity contribution < 1.29 is 17.5 Å². The van der Waals surface area contributed by atoms with Crippen LogP contribution in [0.2, 0.25) is 0 Å². The highest BCUT2D eigenvalue weighted by Gasteiger charge is 2.20. The topological polar surface area (TPSA) is 57.2 Å². The second-order valence-corrected chi connectivity index (χ2v) is 6.51. The smallest absolute Gasteiger partial charge is 0.104 e. The van der Waals surface area contributed by atoms with Crippen molar-refractivity contribution in [2.24, 2.45) is 0 Å². The van der Waals surface area contributed by atoms with E-state index in [-0.39, 0.29) is 0 Å². The molecule has 0 bridgehead atoms. The van der Waals surface area contributed by atoms with Crippen LogP contribution in [0.15, 0.2) is 30.8 Å². The van der Waals surface area contributed by atoms with Crippen molar-refractivity contribution in [3.05, 3.63) is 42.0 Å². The lowest BCUT2D eigenvalue weighted by Gasteiger charge is -2.35. The third-order valence-electron chi connectivity index (χ3n) is 3.75. The molecule has 0 aliphatic carbocycles. The lowest BCUT2D eigenvalue weighted by molar-refractivity contribution is -0.936. The highest BCUT2D eigenvalue weighted by molar-refractivity contribution is 7.84. The molecule has 0 aliphatic heterocycles. The second kappa shape index (κ2) is 8.97. The van der Waals surface area contributed by atoms with Gasteiger partial charge in [-0.1, -0.05) is 36.9 Å². The zero-order valence-corrected chi connectivity index (χ0v) is 14.3. The van der Waals surface area contributed by atoms with E-state index >= 15 is 0 Å². The van der Waals surface area contributed by atoms with E-state index in [1.54, 1.807) is 0 Å². The first kappa shape index (κ1) is 19.8. The molecule has 0 aromatic heterocycles. The molecule has 0 radical (unpaired) electrons. The summed E-state index contributed by atoms with van der Waals surface area (Å²) in [6.45, 7) is 15.4. The first-order valence-electron chi connectivity index (χ1n) is 7.17. The van der Waals surface area contributed by atoms with Crippen LogP contribution in [0.5, 0.6) is 0 Å². The van der Waals surface area contributed by atoms with Crippen LogP contribution in [-0.2, 0) is 16.7 Å². The van der Waals surface area contributed by atoms with Crippen molar-refractivity contribution in [2.45, 2.75) is 27.3 Å². The lowest BCUT2D eigenvalue weighted by atomic mass is 10.1. The molecule has 0 atom stereocenters. The molecule has 0 saturated carbocycles. The van der Waals surface area contributed by atoms with Gasteiger partial charge in [0.2, 0.25) is 0 Å². The summed E-state index contributed by atoms with van der Waals surface area (Å²) >= 11 is 0. The Hall–Kier alpha value is -1.17. The van der Waals surface area contributed by atoms with Crippen LogP contribution in [0.4, 0.5) is 0 Å². The van der Waals surface area contributed by atoms with Crippen LogP contribution in [0.3, 0.4) is 0 Å². The van der Waals surface area contributed by atoms with Gasteiger partial charge < -0.3 is 9.04 Å². The van der Waals surface area contributed by atoms with Crippen LogP contribution in [0, 0.1) is 0 Å². The molecule has 120 valence electrons. The summed E-state index contributed by atoms with van der Waals surface area (Å²) in [7, 11) is -3.92. The van der Waals surface area contributed by atoms with E-state index in [1.807, 2.05) is 6.08 Å². The quantitative estimate of drug-likeness (QED) is 0.599. The molecule has 0 N–H and O–H groups in total. The molecule has 0 saturated heterocycles. The summed E-state index contributed by atoms with van der Waals surface area (Å²) in [6.07, 6.45) is 2.50. The van der Waals surface area contributed by atoms with Gasteiger partial charge in [0, 0.05) is 11.8 Å². The molecule has 1 aromatic carbocycles. The standard InChI is InChI=1S/C15H24N.CH4O3S/c1-5-14-9-11-15(12-10-14)13-16(6-2,7-3)8-4;1-5(2,3)4/h5,9-12H,1,6-8,13H2,2-4H3;1H3,(H,2,3,4)/q+1;/p-1. The van der Waals surface area contributed by atoms with Crippen molar-refractivity contribution in [3.8, 4) is 0 Å². The Labute approximate surface area is 129 Å². The maximum Gasteiger partial charge on any atom is 0.104 e. The molecule has 4 nitrogen and oxygen atoms in total. The average molecular weight is 313 g/mol. The number of benzene rings is 1. The number of quaternary nitrogens is 1. The molecule has 5 heteroatoms. The largest absolute Gasteiger partial charge is 0.748 e. The molecule has 0 amide bonds. The Balaban J connectivity index is 0.000000690. The van der Waals surface area contributed by atoms with Gasteiger partial charge in [0.1, 0.15) is 6.54 Å². The fraction of sp³-hybridized carbons (Fsp3) is 0.500. The van der Waals surface area contributed by atoms with Crippen LogP contribution in [0.1, 0.15) is 31.9 Å². The molecule has 21 heavy (non-hydrogen) atoms. The maximum atomic E-state index is 9.08. The normalized spacial score (nSPS) is 11.5. The van der Waals surface area contributed by atoms with Crippen LogP contribution in [0.25, 0.3) is 6.08 Å². The number of hydrogen-bond donors (Lipinski definition) is 0. The van der Waals surface area contributed by atoms with Gasteiger partial charge in [0.15, 0.2) is 0 Å². The molecule has 1 aromatic rings. The van der Waals surface area contributed by atoms with Gasteiger partial charge in [0.25, 0.3) is 0 Å². The van der Waals surface area contributed by atoms with Gasteiger partial charge in [-0.05, 0) is 26.3 Å². The summed E-state index contributed by atoms with van der Waals surface area (Å²) < 4.78 is 28.4. The van der Waals surface area contributed by atoms with E-state index in [4.69, 9.17) is 13.0 Å². The van der Waals surface area contributed by atoms with Crippen molar-refractivity contribution in [2.75, 3.05) is 25.9 Å². The highest BCUT2D eigenvalue weighted by atomic mass is 32.2. The third kappa shape index (κ3) is 8.65. The van der Waals surface area contributed by atoms with Gasteiger partial charge in [0.05, 0.1) is 29.8 Å². The fourth-order valence-electron chi connectivity index (χ4n) is 2.15. The molecule has 0 fully saturated rings. The number of rotatable bonds is 6. The Kier molecular flexibility index (Phi) is 8.47. The third-order valence-corrected chi connectivity index (χ3v) is 3.75. The molecule has 0 aliphatic rings. The predicted molar refractivity (Wildman–Crippen MR) is 87.7 cm³/mol. The summed E-state index contributed by atoms with van der Waals surface area (Å²) in [5, 5.41) is 0. The van der Waals surface area contributed by atoms with Crippen LogP contribution < -0.4 is 0 Å². The van der Waals surface area contributed by atoms with E-state index in [9.17, 15) is 0 Å². The van der Waals surface area contributed by atoms with Crippen molar-refractivity contribution >= 4 is 16.2 Å². The van der Waals surface area contributed by atoms with Crippen LogP contribution >= 0.6 is 0 Å². The molecule has 0 spiro atoms. The van der Waals surface area contributed by atoms with E-state index in [0.717, 1.165) is 6.54 Å². The van der Waals surface area contributed by atoms with Gasteiger partial charge in [-0.15, -0.1) is 0 Å². The molecular formula is C16H27NO3S. The van der Waals surface area contributed by atoms with Crippen molar-refractivity contribution in [1.82, 2.24) is 0 Å². The van der Waals surface area contributed by atoms with E-state index in [2.05, 4.69) is 51.6 Å². The van der Waals surface area contributed by atoms with Crippen molar-refractivity contribution in [3.63, 3.8) is 0 Å². The summed E-state index contributed by atoms with van der Waals surface area (Å²) in [4.78, 5) is 0. The van der Waals surface area contributed by atoms with E-state index < -0.39 is 10.1 Å². The Morgan fingerprint density at radius 2 is 1.48 bits per heavy atom. The Morgan fingerprint density at radius 3 is 1.76 bits per heavy atom. The molecule has 0 heterocycles. The minimum atomic E-state index is -3.92. The summed E-state index contributed by atoms with van der Waals surface area (Å²) in [6, 6.07) is 8.76. The minimum absolute atomic E-state index is 0.604. The molecular weight excluding hydrogens is 286 g/mol. The minimum Gasteiger partial charge on any atom is -0.748 e.